The quantitative estimate of drug-likeness (QED) is 0.852. The lowest BCUT2D eigenvalue weighted by molar-refractivity contribution is 0.302. The Morgan fingerprint density at radius 3 is 2.72 bits per heavy atom. The topological polar surface area (TPSA) is 29.5 Å². The third-order valence-corrected chi connectivity index (χ3v) is 2.76. The molecule has 18 heavy (non-hydrogen) atoms. The summed E-state index contributed by atoms with van der Waals surface area (Å²) in [6, 6.07) is 11.0. The number of rotatable bonds is 4. The van der Waals surface area contributed by atoms with Crippen molar-refractivity contribution in [1.82, 2.24) is 0 Å². The first-order chi connectivity index (χ1) is 8.69. The normalized spacial score (nSPS) is 10.3. The van der Waals surface area contributed by atoms with Crippen LogP contribution < -0.4 is 4.74 Å². The summed E-state index contributed by atoms with van der Waals surface area (Å²) in [5.74, 6) is 0.588. The fraction of sp³-hybridized carbons (Fsp3) is 0.143. The van der Waals surface area contributed by atoms with Gasteiger partial charge in [0.15, 0.2) is 0 Å². The van der Waals surface area contributed by atoms with Gasteiger partial charge < -0.3 is 9.84 Å². The minimum Gasteiger partial charge on any atom is -0.508 e. The van der Waals surface area contributed by atoms with Crippen molar-refractivity contribution in [1.29, 1.82) is 0 Å². The van der Waals surface area contributed by atoms with Gasteiger partial charge in [-0.05, 0) is 35.9 Å². The van der Waals surface area contributed by atoms with Crippen molar-refractivity contribution >= 4 is 11.6 Å². The second-order valence-corrected chi connectivity index (χ2v) is 4.11. The van der Waals surface area contributed by atoms with Crippen LogP contribution in [0.4, 0.5) is 4.39 Å². The summed E-state index contributed by atoms with van der Waals surface area (Å²) in [6.45, 7) is 0.296. The largest absolute Gasteiger partial charge is 0.508 e. The molecule has 94 valence electrons. The molecule has 0 heterocycles. The van der Waals surface area contributed by atoms with Gasteiger partial charge in [0.1, 0.15) is 23.9 Å². The van der Waals surface area contributed by atoms with Crippen LogP contribution in [0.5, 0.6) is 11.5 Å². The number of hydrogen-bond acceptors (Lipinski definition) is 2. The molecule has 0 atom stereocenters. The predicted molar refractivity (Wildman–Crippen MR) is 68.4 cm³/mol. The lowest BCUT2D eigenvalue weighted by Gasteiger charge is -2.10. The Morgan fingerprint density at radius 2 is 2.00 bits per heavy atom. The van der Waals surface area contributed by atoms with Crippen LogP contribution in [0.15, 0.2) is 42.5 Å². The predicted octanol–water partition coefficient (Wildman–Crippen LogP) is 3.85. The van der Waals surface area contributed by atoms with E-state index in [9.17, 15) is 9.50 Å². The van der Waals surface area contributed by atoms with E-state index in [1.165, 1.54) is 12.1 Å². The van der Waals surface area contributed by atoms with E-state index in [0.29, 0.717) is 17.9 Å². The Labute approximate surface area is 110 Å². The Bertz CT molecular complexity index is 543. The molecule has 1 N–H and O–H groups in total. The molecule has 0 aromatic heterocycles. The van der Waals surface area contributed by atoms with Gasteiger partial charge in [0.05, 0.1) is 5.88 Å². The minimum absolute atomic E-state index is 0.188. The van der Waals surface area contributed by atoms with Gasteiger partial charge in [0, 0.05) is 5.56 Å². The van der Waals surface area contributed by atoms with Gasteiger partial charge in [0.25, 0.3) is 0 Å². The summed E-state index contributed by atoms with van der Waals surface area (Å²) in [4.78, 5) is 0. The monoisotopic (exact) mass is 266 g/mol. The molecule has 0 amide bonds. The highest BCUT2D eigenvalue weighted by atomic mass is 35.5. The van der Waals surface area contributed by atoms with Crippen LogP contribution in [-0.4, -0.2) is 5.11 Å². The minimum atomic E-state index is -0.338. The van der Waals surface area contributed by atoms with E-state index >= 15 is 0 Å². The third kappa shape index (κ3) is 3.14. The van der Waals surface area contributed by atoms with Gasteiger partial charge in [-0.3, -0.25) is 0 Å². The number of benzene rings is 2. The lowest BCUT2D eigenvalue weighted by atomic mass is 10.2. The highest BCUT2D eigenvalue weighted by Crippen LogP contribution is 2.23. The summed E-state index contributed by atoms with van der Waals surface area (Å²) in [7, 11) is 0. The van der Waals surface area contributed by atoms with Crippen LogP contribution in [0.25, 0.3) is 0 Å². The molecule has 2 rings (SSSR count). The van der Waals surface area contributed by atoms with Crippen LogP contribution in [-0.2, 0) is 12.5 Å². The lowest BCUT2D eigenvalue weighted by Crippen LogP contribution is -1.98. The van der Waals surface area contributed by atoms with Crippen molar-refractivity contribution in [3.63, 3.8) is 0 Å². The van der Waals surface area contributed by atoms with Gasteiger partial charge in [-0.15, -0.1) is 11.6 Å². The van der Waals surface area contributed by atoms with Crippen LogP contribution >= 0.6 is 11.6 Å². The maximum Gasteiger partial charge on any atom is 0.124 e. The molecule has 0 fully saturated rings. The van der Waals surface area contributed by atoms with E-state index in [-0.39, 0.29) is 17.4 Å². The van der Waals surface area contributed by atoms with Gasteiger partial charge in [-0.1, -0.05) is 12.1 Å². The number of hydrogen-bond donors (Lipinski definition) is 1. The fourth-order valence-corrected chi connectivity index (χ4v) is 1.81. The number of alkyl halides is 1. The van der Waals surface area contributed by atoms with Gasteiger partial charge >= 0.3 is 0 Å². The Kier molecular flexibility index (Phi) is 4.05. The Hall–Kier alpha value is -1.74. The standard InChI is InChI=1S/C14H12ClFO2/c15-8-11-7-12(16)4-5-14(11)18-9-10-2-1-3-13(17)6-10/h1-7,17H,8-9H2. The van der Waals surface area contributed by atoms with E-state index in [4.69, 9.17) is 16.3 Å². The molecule has 2 aromatic rings. The van der Waals surface area contributed by atoms with Crippen molar-refractivity contribution in [3.05, 3.63) is 59.4 Å². The van der Waals surface area contributed by atoms with E-state index in [1.807, 2.05) is 6.07 Å². The average molecular weight is 267 g/mol. The van der Waals surface area contributed by atoms with E-state index in [1.54, 1.807) is 24.3 Å². The maximum atomic E-state index is 13.0. The molecule has 0 radical (unpaired) electrons. The summed E-state index contributed by atoms with van der Waals surface area (Å²) in [5.41, 5.74) is 1.44. The molecule has 0 unspecified atom stereocenters. The van der Waals surface area contributed by atoms with Gasteiger partial charge in [-0.2, -0.15) is 0 Å². The highest BCUT2D eigenvalue weighted by Gasteiger charge is 2.05. The fourth-order valence-electron chi connectivity index (χ4n) is 1.60. The van der Waals surface area contributed by atoms with Crippen LogP contribution in [0.1, 0.15) is 11.1 Å². The molecule has 0 aliphatic rings. The van der Waals surface area contributed by atoms with Crippen molar-refractivity contribution in [3.8, 4) is 11.5 Å². The number of phenolic OH excluding ortho intramolecular Hbond substituents is 1. The van der Waals surface area contributed by atoms with E-state index in [2.05, 4.69) is 0 Å². The molecule has 0 aliphatic heterocycles. The number of ether oxygens (including phenoxy) is 1. The molecule has 2 aromatic carbocycles. The highest BCUT2D eigenvalue weighted by molar-refractivity contribution is 6.17. The van der Waals surface area contributed by atoms with Crippen molar-refractivity contribution < 1.29 is 14.2 Å². The first-order valence-corrected chi connectivity index (χ1v) is 5.97. The average Bonchev–Trinajstić information content (AvgIpc) is 2.37. The summed E-state index contributed by atoms with van der Waals surface area (Å²) < 4.78 is 18.6. The molecular weight excluding hydrogens is 255 g/mol. The first-order valence-electron chi connectivity index (χ1n) is 5.44. The molecular formula is C14H12ClFO2. The number of aromatic hydroxyl groups is 1. The number of halogens is 2. The smallest absolute Gasteiger partial charge is 0.124 e. The molecule has 0 saturated carbocycles. The van der Waals surface area contributed by atoms with Crippen molar-refractivity contribution in [2.75, 3.05) is 0 Å². The van der Waals surface area contributed by atoms with Crippen molar-refractivity contribution in [2.45, 2.75) is 12.5 Å². The molecule has 0 aliphatic carbocycles. The number of phenols is 1. The molecule has 2 nitrogen and oxygen atoms in total. The molecule has 4 heteroatoms. The molecule has 0 bridgehead atoms. The molecule has 0 spiro atoms. The third-order valence-electron chi connectivity index (χ3n) is 2.47. The summed E-state index contributed by atoms with van der Waals surface area (Å²) in [6.07, 6.45) is 0. The SMILES string of the molecule is Oc1cccc(COc2ccc(F)cc2CCl)c1. The second kappa shape index (κ2) is 5.74. The second-order valence-electron chi connectivity index (χ2n) is 3.84. The zero-order valence-corrected chi connectivity index (χ0v) is 10.3. The van der Waals surface area contributed by atoms with E-state index < -0.39 is 0 Å². The van der Waals surface area contributed by atoms with E-state index in [0.717, 1.165) is 5.56 Å². The van der Waals surface area contributed by atoms with Crippen molar-refractivity contribution in [2.24, 2.45) is 0 Å². The van der Waals surface area contributed by atoms with Crippen LogP contribution in [0.3, 0.4) is 0 Å². The van der Waals surface area contributed by atoms with Gasteiger partial charge in [-0.25, -0.2) is 4.39 Å². The zero-order valence-electron chi connectivity index (χ0n) is 9.57. The summed E-state index contributed by atoms with van der Waals surface area (Å²) in [5, 5.41) is 9.32. The zero-order chi connectivity index (χ0) is 13.0. The first kappa shape index (κ1) is 12.7. The molecule has 0 saturated heterocycles. The Morgan fingerprint density at radius 1 is 1.17 bits per heavy atom. The van der Waals surface area contributed by atoms with Crippen LogP contribution in [0.2, 0.25) is 0 Å². The van der Waals surface area contributed by atoms with Gasteiger partial charge in [0.2, 0.25) is 0 Å². The van der Waals surface area contributed by atoms with Crippen LogP contribution in [0, 0.1) is 5.82 Å². The summed E-state index contributed by atoms with van der Waals surface area (Å²) >= 11 is 5.72. The Balaban J connectivity index is 2.10. The maximum absolute atomic E-state index is 13.0.